The van der Waals surface area contributed by atoms with Crippen LogP contribution in [0.2, 0.25) is 0 Å². The quantitative estimate of drug-likeness (QED) is 0.566. The molecule has 0 aliphatic carbocycles. The molecule has 0 N–H and O–H groups in total. The monoisotopic (exact) mass is 404 g/mol. The lowest BCUT2D eigenvalue weighted by Gasteiger charge is -2.34. The number of hydrogen-bond donors (Lipinski definition) is 0. The van der Waals surface area contributed by atoms with Crippen molar-refractivity contribution in [1.82, 2.24) is 9.29 Å². The van der Waals surface area contributed by atoms with Gasteiger partial charge in [0, 0.05) is 18.3 Å². The van der Waals surface area contributed by atoms with Crippen molar-refractivity contribution in [3.05, 3.63) is 95.7 Å². The van der Waals surface area contributed by atoms with E-state index in [0.717, 1.165) is 28.0 Å². The van der Waals surface area contributed by atoms with E-state index in [-0.39, 0.29) is 6.04 Å². The fourth-order valence-electron chi connectivity index (χ4n) is 3.81. The Bertz CT molecular complexity index is 1140. The van der Waals surface area contributed by atoms with Gasteiger partial charge in [0.25, 0.3) is 0 Å². The summed E-state index contributed by atoms with van der Waals surface area (Å²) in [5.74, 6) is 0. The number of rotatable bonds is 4. The Morgan fingerprint density at radius 2 is 1.62 bits per heavy atom. The second-order valence-electron chi connectivity index (χ2n) is 7.47. The molecule has 2 aromatic carbocycles. The Hall–Kier alpha value is -2.76. The van der Waals surface area contributed by atoms with Crippen molar-refractivity contribution in [2.45, 2.75) is 31.2 Å². The molecule has 1 aliphatic rings. The summed E-state index contributed by atoms with van der Waals surface area (Å²) in [5.41, 5.74) is 5.01. The predicted octanol–water partition coefficient (Wildman–Crippen LogP) is 5.14. The number of aryl methyl sites for hydroxylation is 1. The summed E-state index contributed by atoms with van der Waals surface area (Å²) in [7, 11) is -3.60. The fraction of sp³-hybridized carbons (Fsp3) is 0.208. The summed E-state index contributed by atoms with van der Waals surface area (Å²) < 4.78 is 28.3. The molecule has 1 unspecified atom stereocenters. The molecule has 148 valence electrons. The van der Waals surface area contributed by atoms with Crippen LogP contribution in [0.1, 0.15) is 30.5 Å². The van der Waals surface area contributed by atoms with Gasteiger partial charge in [0.1, 0.15) is 0 Å². The van der Waals surface area contributed by atoms with Gasteiger partial charge in [0.2, 0.25) is 10.0 Å². The number of pyridine rings is 1. The maximum Gasteiger partial charge on any atom is 0.243 e. The zero-order valence-electron chi connectivity index (χ0n) is 16.6. The van der Waals surface area contributed by atoms with Gasteiger partial charge in [0.05, 0.1) is 16.6 Å². The Balaban J connectivity index is 1.74. The molecule has 0 fully saturated rings. The third-order valence-corrected chi connectivity index (χ3v) is 7.19. The highest BCUT2D eigenvalue weighted by molar-refractivity contribution is 7.89. The lowest BCUT2D eigenvalue weighted by molar-refractivity contribution is 0.330. The second kappa shape index (κ2) is 7.93. The van der Waals surface area contributed by atoms with Gasteiger partial charge in [-0.25, -0.2) is 8.42 Å². The van der Waals surface area contributed by atoms with E-state index in [1.165, 1.54) is 0 Å². The summed E-state index contributed by atoms with van der Waals surface area (Å²) >= 11 is 0. The van der Waals surface area contributed by atoms with Crippen LogP contribution in [0.3, 0.4) is 0 Å². The number of sulfonamides is 1. The summed E-state index contributed by atoms with van der Waals surface area (Å²) in [6.07, 6.45) is 4.59. The van der Waals surface area contributed by atoms with Crippen molar-refractivity contribution in [3.8, 4) is 11.3 Å². The molecule has 1 aliphatic heterocycles. The molecule has 4 nitrogen and oxygen atoms in total. The summed E-state index contributed by atoms with van der Waals surface area (Å²) in [5, 5.41) is 0. The smallest absolute Gasteiger partial charge is 0.243 e. The first kappa shape index (κ1) is 19.6. The van der Waals surface area contributed by atoms with Gasteiger partial charge in [-0.05, 0) is 43.5 Å². The summed E-state index contributed by atoms with van der Waals surface area (Å²) in [6.45, 7) is 4.39. The van der Waals surface area contributed by atoms with Crippen LogP contribution in [0.4, 0.5) is 0 Å². The normalized spacial score (nSPS) is 17.7. The van der Waals surface area contributed by atoms with Crippen molar-refractivity contribution in [2.24, 2.45) is 0 Å². The van der Waals surface area contributed by atoms with E-state index in [0.29, 0.717) is 17.9 Å². The topological polar surface area (TPSA) is 50.3 Å². The third-order valence-electron chi connectivity index (χ3n) is 5.32. The van der Waals surface area contributed by atoms with Gasteiger partial charge < -0.3 is 0 Å². The molecule has 1 aromatic heterocycles. The molecular formula is C24H24N2O2S. The molecule has 3 aromatic rings. The fourth-order valence-corrected chi connectivity index (χ4v) is 5.50. The van der Waals surface area contributed by atoms with Crippen molar-refractivity contribution < 1.29 is 8.42 Å². The highest BCUT2D eigenvalue weighted by Gasteiger charge is 2.34. The van der Waals surface area contributed by atoms with E-state index >= 15 is 0 Å². The van der Waals surface area contributed by atoms with Crippen LogP contribution in [-0.2, 0) is 10.0 Å². The van der Waals surface area contributed by atoms with Crippen LogP contribution >= 0.6 is 0 Å². The number of hydrogen-bond acceptors (Lipinski definition) is 3. The van der Waals surface area contributed by atoms with Crippen LogP contribution in [0, 0.1) is 6.92 Å². The number of nitrogens with zero attached hydrogens (tertiary/aromatic N) is 2. The van der Waals surface area contributed by atoms with Crippen LogP contribution in [0.25, 0.3) is 11.3 Å². The highest BCUT2D eigenvalue weighted by Crippen LogP contribution is 2.35. The molecule has 29 heavy (non-hydrogen) atoms. The minimum atomic E-state index is -3.60. The largest absolute Gasteiger partial charge is 0.256 e. The van der Waals surface area contributed by atoms with E-state index in [2.05, 4.69) is 17.1 Å². The molecular weight excluding hydrogens is 380 g/mol. The second-order valence-corrected chi connectivity index (χ2v) is 9.36. The van der Waals surface area contributed by atoms with Gasteiger partial charge in [-0.2, -0.15) is 4.31 Å². The van der Waals surface area contributed by atoms with E-state index in [1.807, 2.05) is 56.4 Å². The molecule has 1 atom stereocenters. The first-order valence-electron chi connectivity index (χ1n) is 9.71. The van der Waals surface area contributed by atoms with Gasteiger partial charge >= 0.3 is 0 Å². The van der Waals surface area contributed by atoms with Gasteiger partial charge in [-0.1, -0.05) is 66.2 Å². The van der Waals surface area contributed by atoms with E-state index in [9.17, 15) is 8.42 Å². The highest BCUT2D eigenvalue weighted by atomic mass is 32.2. The standard InChI is InChI=1S/C24H24N2O2S/c1-18-13-14-23(26(17-18)29(27,28)22-11-7-4-8-12-22)21-15-19(2)24(25-16-21)20-9-5-3-6-10-20/h3-13,15-16,23H,14,17H2,1-2H3. The molecule has 5 heteroatoms. The Labute approximate surface area is 172 Å². The Morgan fingerprint density at radius 1 is 0.966 bits per heavy atom. The van der Waals surface area contributed by atoms with Crippen molar-refractivity contribution in [1.29, 1.82) is 0 Å². The zero-order chi connectivity index (χ0) is 20.4. The molecule has 0 radical (unpaired) electrons. The molecule has 0 saturated carbocycles. The maximum absolute atomic E-state index is 13.4. The molecule has 4 rings (SSSR count). The Kier molecular flexibility index (Phi) is 5.35. The molecule has 0 spiro atoms. The summed E-state index contributed by atoms with van der Waals surface area (Å²) in [6, 6.07) is 20.5. The maximum atomic E-state index is 13.4. The minimum absolute atomic E-state index is 0.264. The summed E-state index contributed by atoms with van der Waals surface area (Å²) in [4.78, 5) is 5.01. The van der Waals surface area contributed by atoms with Gasteiger partial charge in [0.15, 0.2) is 0 Å². The predicted molar refractivity (Wildman–Crippen MR) is 116 cm³/mol. The molecule has 0 bridgehead atoms. The molecule has 0 amide bonds. The first-order valence-corrected chi connectivity index (χ1v) is 11.2. The van der Waals surface area contributed by atoms with E-state index in [4.69, 9.17) is 0 Å². The van der Waals surface area contributed by atoms with Crippen LogP contribution in [0.5, 0.6) is 0 Å². The number of benzene rings is 2. The minimum Gasteiger partial charge on any atom is -0.256 e. The average molecular weight is 405 g/mol. The molecule has 0 saturated heterocycles. The van der Waals surface area contributed by atoms with Crippen molar-refractivity contribution >= 4 is 10.0 Å². The van der Waals surface area contributed by atoms with Crippen LogP contribution < -0.4 is 0 Å². The average Bonchev–Trinajstić information content (AvgIpc) is 2.75. The lowest BCUT2D eigenvalue weighted by Crippen LogP contribution is -2.38. The number of aromatic nitrogens is 1. The Morgan fingerprint density at radius 3 is 2.28 bits per heavy atom. The lowest BCUT2D eigenvalue weighted by atomic mass is 9.97. The van der Waals surface area contributed by atoms with E-state index < -0.39 is 10.0 Å². The zero-order valence-corrected chi connectivity index (χ0v) is 17.4. The van der Waals surface area contributed by atoms with E-state index in [1.54, 1.807) is 28.6 Å². The molecule has 2 heterocycles. The SMILES string of the molecule is CC1=CCC(c2cnc(-c3ccccc3)c(C)c2)N(S(=O)(=O)c2ccccc2)C1. The van der Waals surface area contributed by atoms with Gasteiger partial charge in [-0.3, -0.25) is 4.98 Å². The van der Waals surface area contributed by atoms with Crippen molar-refractivity contribution in [3.63, 3.8) is 0 Å². The van der Waals surface area contributed by atoms with Gasteiger partial charge in [-0.15, -0.1) is 0 Å². The third kappa shape index (κ3) is 3.88. The first-order chi connectivity index (χ1) is 14.0. The van der Waals surface area contributed by atoms with Crippen LogP contribution in [0.15, 0.2) is 89.5 Å². The van der Waals surface area contributed by atoms with Crippen LogP contribution in [-0.4, -0.2) is 24.3 Å². The van der Waals surface area contributed by atoms with Crippen molar-refractivity contribution in [2.75, 3.05) is 6.54 Å².